The first-order valence-electron chi connectivity index (χ1n) is 5.85. The van der Waals surface area contributed by atoms with Crippen molar-refractivity contribution in [3.8, 4) is 0 Å². The zero-order chi connectivity index (χ0) is 12.7. The summed E-state index contributed by atoms with van der Waals surface area (Å²) in [5.41, 5.74) is 0. The van der Waals surface area contributed by atoms with Gasteiger partial charge in [0.05, 0.1) is 27.7 Å². The van der Waals surface area contributed by atoms with Crippen molar-refractivity contribution >= 4 is 8.80 Å². The zero-order valence-corrected chi connectivity index (χ0v) is 12.7. The van der Waals surface area contributed by atoms with E-state index in [1.807, 2.05) is 0 Å². The van der Waals surface area contributed by atoms with Crippen LogP contribution in [0.4, 0.5) is 0 Å². The summed E-state index contributed by atoms with van der Waals surface area (Å²) in [6.07, 6.45) is 3.56. The van der Waals surface area contributed by atoms with Gasteiger partial charge in [-0.2, -0.15) is 0 Å². The van der Waals surface area contributed by atoms with Crippen LogP contribution < -0.4 is 0 Å². The normalized spacial score (nSPS) is 13.1. The highest BCUT2D eigenvalue weighted by molar-refractivity contribution is 6.60. The highest BCUT2D eigenvalue weighted by Gasteiger charge is 2.36. The van der Waals surface area contributed by atoms with Crippen LogP contribution in [0.15, 0.2) is 0 Å². The largest absolute Gasteiger partial charge is 0.500 e. The highest BCUT2D eigenvalue weighted by atomic mass is 28.4. The predicted octanol–water partition coefficient (Wildman–Crippen LogP) is 1.74. The first-order valence-corrected chi connectivity index (χ1v) is 7.78. The average molecular weight is 250 g/mol. The molecule has 0 amide bonds. The molecule has 0 spiro atoms. The molecule has 98 valence electrons. The van der Waals surface area contributed by atoms with Crippen LogP contribution in [0.1, 0.15) is 19.3 Å². The fourth-order valence-corrected chi connectivity index (χ4v) is 3.46. The van der Waals surface area contributed by atoms with Crippen molar-refractivity contribution in [2.24, 2.45) is 0 Å². The summed E-state index contributed by atoms with van der Waals surface area (Å²) < 4.78 is 17.2. The van der Waals surface area contributed by atoms with Gasteiger partial charge in [-0.05, 0) is 19.3 Å². The van der Waals surface area contributed by atoms with Crippen molar-refractivity contribution in [3.05, 3.63) is 0 Å². The van der Waals surface area contributed by atoms with E-state index < -0.39 is 8.80 Å². The number of unbranched alkanes of at least 4 members (excludes halogenated alkanes) is 2. The second-order valence-corrected chi connectivity index (χ2v) is 8.21. The molecule has 0 aromatic carbocycles. The molecule has 0 saturated carbocycles. The average Bonchev–Trinajstić information content (AvgIpc) is 2.23. The maximum atomic E-state index is 5.37. The van der Waals surface area contributed by atoms with Crippen molar-refractivity contribution in [2.75, 3.05) is 49.0 Å². The molecule has 0 aliphatic rings. The van der Waals surface area contributed by atoms with E-state index in [1.54, 1.807) is 21.3 Å². The Morgan fingerprint density at radius 3 is 1.69 bits per heavy atom. The second kappa shape index (κ2) is 7.40. The van der Waals surface area contributed by atoms with E-state index in [4.69, 9.17) is 13.3 Å². The third-order valence-corrected chi connectivity index (χ3v) is 5.58. The Balaban J connectivity index is 3.71. The Kier molecular flexibility index (Phi) is 7.42. The molecule has 0 aromatic rings. The Bertz CT molecular complexity index is 170. The molecule has 0 unspecified atom stereocenters. The van der Waals surface area contributed by atoms with Crippen LogP contribution in [0.25, 0.3) is 0 Å². The van der Waals surface area contributed by atoms with Gasteiger partial charge in [-0.3, -0.25) is 0 Å². The molecule has 16 heavy (non-hydrogen) atoms. The SMILES string of the molecule is CO[Si](CCCCC[N+](C)(C)C)(OC)OC. The molecule has 0 radical (unpaired) electrons. The Morgan fingerprint density at radius 1 is 0.812 bits per heavy atom. The van der Waals surface area contributed by atoms with E-state index in [2.05, 4.69) is 21.1 Å². The van der Waals surface area contributed by atoms with Gasteiger partial charge < -0.3 is 17.8 Å². The lowest BCUT2D eigenvalue weighted by Gasteiger charge is -2.25. The maximum absolute atomic E-state index is 5.37. The Labute approximate surface area is 101 Å². The van der Waals surface area contributed by atoms with Gasteiger partial charge in [-0.25, -0.2) is 0 Å². The molecule has 0 saturated heterocycles. The lowest BCUT2D eigenvalue weighted by Crippen LogP contribution is -2.42. The molecule has 0 bridgehead atoms. The van der Waals surface area contributed by atoms with Crippen LogP contribution >= 0.6 is 0 Å². The van der Waals surface area contributed by atoms with Crippen molar-refractivity contribution < 1.29 is 17.8 Å². The maximum Gasteiger partial charge on any atom is 0.500 e. The van der Waals surface area contributed by atoms with E-state index in [-0.39, 0.29) is 0 Å². The second-order valence-electron chi connectivity index (χ2n) is 5.12. The fraction of sp³-hybridized carbons (Fsp3) is 1.00. The molecule has 0 heterocycles. The number of hydrogen-bond donors (Lipinski definition) is 0. The van der Waals surface area contributed by atoms with Crippen LogP contribution in [0.3, 0.4) is 0 Å². The molecular formula is C11H28NO3Si+. The fourth-order valence-electron chi connectivity index (χ4n) is 1.66. The van der Waals surface area contributed by atoms with Crippen LogP contribution in [0, 0.1) is 0 Å². The van der Waals surface area contributed by atoms with Gasteiger partial charge in [0.1, 0.15) is 0 Å². The van der Waals surface area contributed by atoms with Crippen LogP contribution in [-0.4, -0.2) is 62.3 Å². The standard InChI is InChI=1S/C11H28NO3Si/c1-12(2,3)10-8-7-9-11-16(13-4,14-5)15-6/h7-11H2,1-6H3/q+1. The van der Waals surface area contributed by atoms with Gasteiger partial charge in [0.15, 0.2) is 0 Å². The molecule has 5 heteroatoms. The zero-order valence-electron chi connectivity index (χ0n) is 11.7. The molecule has 0 aromatic heterocycles. The van der Waals surface area contributed by atoms with Crippen molar-refractivity contribution in [3.63, 3.8) is 0 Å². The van der Waals surface area contributed by atoms with Gasteiger partial charge in [0.25, 0.3) is 0 Å². The lowest BCUT2D eigenvalue weighted by atomic mass is 10.2. The predicted molar refractivity (Wildman–Crippen MR) is 68.3 cm³/mol. The monoisotopic (exact) mass is 250 g/mol. The molecule has 0 aliphatic carbocycles. The van der Waals surface area contributed by atoms with E-state index in [9.17, 15) is 0 Å². The summed E-state index contributed by atoms with van der Waals surface area (Å²) in [5, 5.41) is 0. The summed E-state index contributed by atoms with van der Waals surface area (Å²) in [6, 6.07) is 0.910. The number of quaternary nitrogens is 1. The molecule has 0 rings (SSSR count). The third kappa shape index (κ3) is 6.60. The van der Waals surface area contributed by atoms with E-state index >= 15 is 0 Å². The van der Waals surface area contributed by atoms with Crippen LogP contribution in [-0.2, 0) is 13.3 Å². The summed E-state index contributed by atoms with van der Waals surface area (Å²) in [4.78, 5) is 0. The molecular weight excluding hydrogens is 222 g/mol. The Morgan fingerprint density at radius 2 is 1.31 bits per heavy atom. The van der Waals surface area contributed by atoms with E-state index in [0.717, 1.165) is 16.9 Å². The van der Waals surface area contributed by atoms with Gasteiger partial charge in [-0.1, -0.05) is 0 Å². The lowest BCUT2D eigenvalue weighted by molar-refractivity contribution is -0.870. The van der Waals surface area contributed by atoms with Gasteiger partial charge in [-0.15, -0.1) is 0 Å². The Hall–Kier alpha value is 0.0569. The summed E-state index contributed by atoms with van der Waals surface area (Å²) in [7, 11) is 9.36. The minimum absolute atomic E-state index is 0.910. The molecule has 0 fully saturated rings. The molecule has 0 atom stereocenters. The third-order valence-electron chi connectivity index (χ3n) is 2.74. The van der Waals surface area contributed by atoms with Gasteiger partial charge in [0, 0.05) is 27.4 Å². The minimum Gasteiger partial charge on any atom is -0.377 e. The first-order chi connectivity index (χ1) is 7.39. The van der Waals surface area contributed by atoms with E-state index in [1.165, 1.54) is 19.4 Å². The quantitative estimate of drug-likeness (QED) is 0.354. The summed E-state index contributed by atoms with van der Waals surface area (Å²) in [5.74, 6) is 0. The minimum atomic E-state index is -2.32. The summed E-state index contributed by atoms with van der Waals surface area (Å²) in [6.45, 7) is 1.21. The number of rotatable bonds is 9. The van der Waals surface area contributed by atoms with Gasteiger partial charge >= 0.3 is 8.80 Å². The van der Waals surface area contributed by atoms with E-state index in [0.29, 0.717) is 0 Å². The number of nitrogens with zero attached hydrogens (tertiary/aromatic N) is 1. The van der Waals surface area contributed by atoms with Crippen LogP contribution in [0.5, 0.6) is 0 Å². The van der Waals surface area contributed by atoms with Crippen LogP contribution in [0.2, 0.25) is 6.04 Å². The smallest absolute Gasteiger partial charge is 0.377 e. The van der Waals surface area contributed by atoms with Crippen molar-refractivity contribution in [1.82, 2.24) is 0 Å². The molecule has 0 N–H and O–H groups in total. The van der Waals surface area contributed by atoms with Gasteiger partial charge in [0.2, 0.25) is 0 Å². The molecule has 4 nitrogen and oxygen atoms in total. The van der Waals surface area contributed by atoms with Crippen molar-refractivity contribution in [1.29, 1.82) is 0 Å². The topological polar surface area (TPSA) is 27.7 Å². The highest BCUT2D eigenvalue weighted by Crippen LogP contribution is 2.17. The summed E-state index contributed by atoms with van der Waals surface area (Å²) >= 11 is 0. The first kappa shape index (κ1) is 16.1. The molecule has 0 aliphatic heterocycles. The number of hydrogen-bond acceptors (Lipinski definition) is 3. The van der Waals surface area contributed by atoms with Crippen molar-refractivity contribution in [2.45, 2.75) is 25.3 Å².